The number of aromatic nitrogens is 1. The van der Waals surface area contributed by atoms with Crippen LogP contribution in [-0.4, -0.2) is 16.9 Å². The fraction of sp³-hybridized carbons (Fsp3) is 0.429. The number of carbonyl (C=O) groups excluding carboxylic acids is 1. The van der Waals surface area contributed by atoms with E-state index in [1.807, 2.05) is 23.7 Å². The maximum absolute atomic E-state index is 12.0. The number of hydrogen-bond donors (Lipinski definition) is 2. The third-order valence-corrected chi connectivity index (χ3v) is 4.57. The van der Waals surface area contributed by atoms with Gasteiger partial charge >= 0.3 is 0 Å². The van der Waals surface area contributed by atoms with Crippen molar-refractivity contribution < 1.29 is 4.79 Å². The predicted octanol–water partition coefficient (Wildman–Crippen LogP) is 3.17. The molecule has 1 saturated carbocycles. The molecular formula is C14H18ClN3OS. The summed E-state index contributed by atoms with van der Waals surface area (Å²) in [5, 5.41) is 2.96. The van der Waals surface area contributed by atoms with Crippen molar-refractivity contribution in [2.75, 3.05) is 5.32 Å². The molecule has 0 spiro atoms. The van der Waals surface area contributed by atoms with Gasteiger partial charge in [0, 0.05) is 18.2 Å². The lowest BCUT2D eigenvalue weighted by molar-refractivity contribution is -0.117. The molecule has 108 valence electrons. The maximum atomic E-state index is 12.0. The average molecular weight is 312 g/mol. The minimum atomic E-state index is 0. The second-order valence-corrected chi connectivity index (χ2v) is 6.03. The Morgan fingerprint density at radius 2 is 2.30 bits per heavy atom. The number of nitrogens with zero attached hydrogens (tertiary/aromatic N) is 1. The zero-order chi connectivity index (χ0) is 13.2. The number of nitrogens with one attached hydrogen (secondary N) is 1. The molecule has 1 aromatic carbocycles. The molecule has 0 aliphatic heterocycles. The van der Waals surface area contributed by atoms with Gasteiger partial charge in [-0.1, -0.05) is 6.42 Å². The fourth-order valence-electron chi connectivity index (χ4n) is 2.70. The van der Waals surface area contributed by atoms with Gasteiger partial charge in [-0.05, 0) is 37.0 Å². The van der Waals surface area contributed by atoms with E-state index in [1.54, 1.807) is 11.3 Å². The van der Waals surface area contributed by atoms with Crippen molar-refractivity contribution in [3.05, 3.63) is 23.7 Å². The zero-order valence-corrected chi connectivity index (χ0v) is 12.7. The number of carbonyl (C=O) groups is 1. The second kappa shape index (κ2) is 6.52. The van der Waals surface area contributed by atoms with Crippen molar-refractivity contribution in [2.45, 2.75) is 31.7 Å². The Labute approximate surface area is 128 Å². The van der Waals surface area contributed by atoms with Crippen LogP contribution < -0.4 is 11.1 Å². The van der Waals surface area contributed by atoms with E-state index in [1.165, 1.54) is 0 Å². The number of anilines is 1. The van der Waals surface area contributed by atoms with Gasteiger partial charge < -0.3 is 11.1 Å². The largest absolute Gasteiger partial charge is 0.327 e. The molecule has 1 aliphatic rings. The highest BCUT2D eigenvalue weighted by Gasteiger charge is 2.25. The second-order valence-electron chi connectivity index (χ2n) is 5.14. The summed E-state index contributed by atoms with van der Waals surface area (Å²) in [5.74, 6) is 0.401. The summed E-state index contributed by atoms with van der Waals surface area (Å²) >= 11 is 1.58. The summed E-state index contributed by atoms with van der Waals surface area (Å²) in [4.78, 5) is 16.2. The smallest absolute Gasteiger partial charge is 0.224 e. The molecular weight excluding hydrogens is 294 g/mol. The van der Waals surface area contributed by atoms with Gasteiger partial charge in [0.15, 0.2) is 0 Å². The first-order valence-electron chi connectivity index (χ1n) is 6.61. The average Bonchev–Trinajstić information content (AvgIpc) is 2.98. The monoisotopic (exact) mass is 311 g/mol. The molecule has 1 aliphatic carbocycles. The topological polar surface area (TPSA) is 68.0 Å². The molecule has 4 nitrogen and oxygen atoms in total. The SMILES string of the molecule is Cl.N[C@@H]1CCC[C@H]1CC(=O)Nc1ccc2ncsc2c1. The molecule has 3 rings (SSSR count). The number of thiazole rings is 1. The van der Waals surface area contributed by atoms with E-state index in [-0.39, 0.29) is 24.4 Å². The molecule has 1 heterocycles. The standard InChI is InChI=1S/C14H17N3OS.ClH/c15-11-3-1-2-9(11)6-14(18)17-10-4-5-12-13(7-10)19-8-16-12;/h4-5,7-9,11H,1-3,6,15H2,(H,17,18);1H/t9-,11+;/m0./s1. The van der Waals surface area contributed by atoms with Crippen LogP contribution in [0.1, 0.15) is 25.7 Å². The highest BCUT2D eigenvalue weighted by molar-refractivity contribution is 7.16. The normalized spacial score (nSPS) is 21.6. The Balaban J connectivity index is 0.00000147. The molecule has 0 bridgehead atoms. The molecule has 1 aromatic heterocycles. The summed E-state index contributed by atoms with van der Waals surface area (Å²) in [6, 6.07) is 5.99. The number of nitrogens with two attached hydrogens (primary N) is 1. The lowest BCUT2D eigenvalue weighted by Crippen LogP contribution is -2.28. The Morgan fingerprint density at radius 3 is 3.05 bits per heavy atom. The van der Waals surface area contributed by atoms with Crippen molar-refractivity contribution in [2.24, 2.45) is 11.7 Å². The molecule has 0 radical (unpaired) electrons. The van der Waals surface area contributed by atoms with E-state index in [4.69, 9.17) is 5.73 Å². The quantitative estimate of drug-likeness (QED) is 0.914. The van der Waals surface area contributed by atoms with Crippen LogP contribution in [0.3, 0.4) is 0 Å². The van der Waals surface area contributed by atoms with Gasteiger partial charge in [0.1, 0.15) is 0 Å². The molecule has 20 heavy (non-hydrogen) atoms. The van der Waals surface area contributed by atoms with Gasteiger partial charge in [-0.15, -0.1) is 23.7 Å². The number of fused-ring (bicyclic) bond motifs is 1. The van der Waals surface area contributed by atoms with Crippen LogP contribution in [0.4, 0.5) is 5.69 Å². The van der Waals surface area contributed by atoms with E-state index in [0.29, 0.717) is 12.3 Å². The Bertz CT molecular complexity index is 601. The van der Waals surface area contributed by atoms with Crippen LogP contribution in [-0.2, 0) is 4.79 Å². The highest BCUT2D eigenvalue weighted by Crippen LogP contribution is 2.27. The molecule has 6 heteroatoms. The number of benzene rings is 1. The van der Waals surface area contributed by atoms with Gasteiger partial charge in [-0.3, -0.25) is 4.79 Å². The predicted molar refractivity (Wildman–Crippen MR) is 85.4 cm³/mol. The number of hydrogen-bond acceptors (Lipinski definition) is 4. The lowest BCUT2D eigenvalue weighted by atomic mass is 10.00. The van der Waals surface area contributed by atoms with Crippen LogP contribution in [0.25, 0.3) is 10.2 Å². The summed E-state index contributed by atoms with van der Waals surface area (Å²) < 4.78 is 1.09. The van der Waals surface area contributed by atoms with E-state index < -0.39 is 0 Å². The maximum Gasteiger partial charge on any atom is 0.224 e. The molecule has 0 saturated heterocycles. The first-order chi connectivity index (χ1) is 9.22. The van der Waals surface area contributed by atoms with Gasteiger partial charge in [0.05, 0.1) is 15.7 Å². The third kappa shape index (κ3) is 3.29. The van der Waals surface area contributed by atoms with E-state index in [9.17, 15) is 4.79 Å². The van der Waals surface area contributed by atoms with Crippen molar-refractivity contribution in [1.29, 1.82) is 0 Å². The van der Waals surface area contributed by atoms with Crippen molar-refractivity contribution in [3.63, 3.8) is 0 Å². The molecule has 3 N–H and O–H groups in total. The minimum absolute atomic E-state index is 0. The third-order valence-electron chi connectivity index (χ3n) is 3.78. The molecule has 1 fully saturated rings. The van der Waals surface area contributed by atoms with E-state index >= 15 is 0 Å². The fourth-order valence-corrected chi connectivity index (χ4v) is 3.42. The molecule has 2 aromatic rings. The Morgan fingerprint density at radius 1 is 1.45 bits per heavy atom. The molecule has 0 unspecified atom stereocenters. The van der Waals surface area contributed by atoms with E-state index in [0.717, 1.165) is 35.2 Å². The highest BCUT2D eigenvalue weighted by atomic mass is 35.5. The van der Waals surface area contributed by atoms with Crippen molar-refractivity contribution in [3.8, 4) is 0 Å². The van der Waals surface area contributed by atoms with Crippen LogP contribution in [0.5, 0.6) is 0 Å². The number of halogens is 1. The van der Waals surface area contributed by atoms with Crippen LogP contribution >= 0.6 is 23.7 Å². The first-order valence-corrected chi connectivity index (χ1v) is 7.49. The van der Waals surface area contributed by atoms with Gasteiger partial charge in [-0.25, -0.2) is 4.98 Å². The summed E-state index contributed by atoms with van der Waals surface area (Å²) in [5.41, 5.74) is 9.62. The van der Waals surface area contributed by atoms with Crippen molar-refractivity contribution >= 4 is 45.6 Å². The summed E-state index contributed by atoms with van der Waals surface area (Å²) in [6.45, 7) is 0. The van der Waals surface area contributed by atoms with Crippen LogP contribution in [0.15, 0.2) is 23.7 Å². The molecule has 1 amide bonds. The van der Waals surface area contributed by atoms with Crippen LogP contribution in [0.2, 0.25) is 0 Å². The molecule has 2 atom stereocenters. The van der Waals surface area contributed by atoms with E-state index in [2.05, 4.69) is 10.3 Å². The van der Waals surface area contributed by atoms with Crippen molar-refractivity contribution in [1.82, 2.24) is 4.98 Å². The van der Waals surface area contributed by atoms with Crippen LogP contribution in [0, 0.1) is 5.92 Å². The first kappa shape index (κ1) is 15.2. The van der Waals surface area contributed by atoms with Gasteiger partial charge in [-0.2, -0.15) is 0 Å². The zero-order valence-electron chi connectivity index (χ0n) is 11.0. The van der Waals surface area contributed by atoms with Gasteiger partial charge in [0.25, 0.3) is 0 Å². The Hall–Kier alpha value is -1.17. The number of amides is 1. The Kier molecular flexibility index (Phi) is 4.96. The summed E-state index contributed by atoms with van der Waals surface area (Å²) in [6.07, 6.45) is 3.79. The summed E-state index contributed by atoms with van der Waals surface area (Å²) in [7, 11) is 0. The van der Waals surface area contributed by atoms with Gasteiger partial charge in [0.2, 0.25) is 5.91 Å². The minimum Gasteiger partial charge on any atom is -0.327 e. The number of rotatable bonds is 3. The lowest BCUT2D eigenvalue weighted by Gasteiger charge is -2.14.